The Morgan fingerprint density at radius 3 is 1.95 bits per heavy atom. The van der Waals surface area contributed by atoms with Crippen LogP contribution >= 0.6 is 0 Å². The Balaban J connectivity index is 3.62. The Hall–Kier alpha value is -1.32. The normalized spacial score (nSPS) is 10.0. The lowest BCUT2D eigenvalue weighted by atomic mass is 10.1. The van der Waals surface area contributed by atoms with Crippen molar-refractivity contribution in [2.75, 3.05) is 13.2 Å². The number of unbranched alkanes of at least 4 members (excludes halogenated alkanes) is 2. The van der Waals surface area contributed by atoms with Crippen molar-refractivity contribution < 1.29 is 19.1 Å². The molecule has 0 unspecified atom stereocenters. The smallest absolute Gasteiger partial charge is 0.309 e. The van der Waals surface area contributed by atoms with Gasteiger partial charge in [0.2, 0.25) is 0 Å². The van der Waals surface area contributed by atoms with E-state index >= 15 is 0 Å². The average Bonchev–Trinajstić information content (AvgIpc) is 2.37. The summed E-state index contributed by atoms with van der Waals surface area (Å²) >= 11 is 0. The van der Waals surface area contributed by atoms with Crippen LogP contribution in [0.3, 0.4) is 0 Å². The average molecular weight is 270 g/mol. The van der Waals surface area contributed by atoms with Crippen LogP contribution in [0.2, 0.25) is 0 Å². The highest BCUT2D eigenvalue weighted by Crippen LogP contribution is 2.09. The zero-order valence-electron chi connectivity index (χ0n) is 12.2. The lowest BCUT2D eigenvalue weighted by Gasteiger charge is -2.07. The predicted octanol–water partition coefficient (Wildman–Crippen LogP) is 3.40. The van der Waals surface area contributed by atoms with Gasteiger partial charge in [-0.25, -0.2) is 0 Å². The molecular formula is C15H26O4. The van der Waals surface area contributed by atoms with Gasteiger partial charge in [0.05, 0.1) is 19.6 Å². The van der Waals surface area contributed by atoms with Gasteiger partial charge in [-0.2, -0.15) is 0 Å². The molecule has 0 fully saturated rings. The van der Waals surface area contributed by atoms with E-state index in [1.807, 2.05) is 13.8 Å². The van der Waals surface area contributed by atoms with Crippen LogP contribution in [0.5, 0.6) is 0 Å². The molecule has 0 aromatic rings. The second kappa shape index (κ2) is 11.8. The second-order valence-corrected chi connectivity index (χ2v) is 4.57. The zero-order chi connectivity index (χ0) is 14.5. The first-order chi connectivity index (χ1) is 9.10. The fourth-order valence-electron chi connectivity index (χ4n) is 1.36. The summed E-state index contributed by atoms with van der Waals surface area (Å²) in [6, 6.07) is 0. The van der Waals surface area contributed by atoms with Gasteiger partial charge in [0.1, 0.15) is 0 Å². The van der Waals surface area contributed by atoms with Crippen molar-refractivity contribution in [3.05, 3.63) is 12.2 Å². The molecule has 0 N–H and O–H groups in total. The molecule has 0 radical (unpaired) electrons. The predicted molar refractivity (Wildman–Crippen MR) is 74.7 cm³/mol. The molecule has 110 valence electrons. The van der Waals surface area contributed by atoms with Crippen LogP contribution in [-0.4, -0.2) is 25.2 Å². The minimum atomic E-state index is -0.266. The first-order valence-corrected chi connectivity index (χ1v) is 7.08. The third kappa shape index (κ3) is 11.5. The van der Waals surface area contributed by atoms with Gasteiger partial charge in [-0.1, -0.05) is 38.8 Å². The van der Waals surface area contributed by atoms with Crippen molar-refractivity contribution in [1.29, 1.82) is 0 Å². The van der Waals surface area contributed by atoms with Crippen LogP contribution in [0.1, 0.15) is 58.8 Å². The van der Waals surface area contributed by atoms with Crippen molar-refractivity contribution in [3.63, 3.8) is 0 Å². The van der Waals surface area contributed by atoms with Gasteiger partial charge in [0.15, 0.2) is 0 Å². The fraction of sp³-hybridized carbons (Fsp3) is 0.733. The molecule has 0 aliphatic carbocycles. The lowest BCUT2D eigenvalue weighted by molar-refractivity contribution is -0.145. The van der Waals surface area contributed by atoms with Crippen molar-refractivity contribution in [2.24, 2.45) is 0 Å². The molecule has 4 heteroatoms. The van der Waals surface area contributed by atoms with E-state index in [1.165, 1.54) is 0 Å². The second-order valence-electron chi connectivity index (χ2n) is 4.57. The summed E-state index contributed by atoms with van der Waals surface area (Å²) in [6.07, 6.45) is 4.71. The summed E-state index contributed by atoms with van der Waals surface area (Å²) in [5.74, 6) is -0.494. The van der Waals surface area contributed by atoms with E-state index in [2.05, 4.69) is 6.58 Å². The SMILES string of the molecule is C=C(CCC(=O)OCCCC)CC(=O)OCCCC. The lowest BCUT2D eigenvalue weighted by Crippen LogP contribution is -2.09. The molecule has 0 bridgehead atoms. The Bertz CT molecular complexity index is 284. The summed E-state index contributed by atoms with van der Waals surface area (Å²) in [5.41, 5.74) is 0.717. The van der Waals surface area contributed by atoms with E-state index in [9.17, 15) is 9.59 Å². The minimum absolute atomic E-state index is 0.186. The Morgan fingerprint density at radius 2 is 1.42 bits per heavy atom. The van der Waals surface area contributed by atoms with Gasteiger partial charge in [0, 0.05) is 6.42 Å². The third-order valence-electron chi connectivity index (χ3n) is 2.60. The summed E-state index contributed by atoms with van der Waals surface area (Å²) in [5, 5.41) is 0. The van der Waals surface area contributed by atoms with Crippen molar-refractivity contribution in [1.82, 2.24) is 0 Å². The van der Waals surface area contributed by atoms with Crippen molar-refractivity contribution in [2.45, 2.75) is 58.8 Å². The van der Waals surface area contributed by atoms with Crippen LogP contribution in [0.15, 0.2) is 12.2 Å². The molecule has 0 amide bonds. The molecule has 0 aromatic carbocycles. The standard InChI is InChI=1S/C15H26O4/c1-4-6-10-18-14(16)9-8-13(3)12-15(17)19-11-7-5-2/h3-12H2,1-2H3. The first-order valence-electron chi connectivity index (χ1n) is 7.08. The molecule has 4 nitrogen and oxygen atoms in total. The molecule has 19 heavy (non-hydrogen) atoms. The molecule has 0 spiro atoms. The van der Waals surface area contributed by atoms with E-state index in [4.69, 9.17) is 9.47 Å². The van der Waals surface area contributed by atoms with Gasteiger partial charge in [0.25, 0.3) is 0 Å². The van der Waals surface area contributed by atoms with Crippen LogP contribution < -0.4 is 0 Å². The molecule has 0 aromatic heterocycles. The number of carbonyl (C=O) groups is 2. The molecule has 0 saturated heterocycles. The highest BCUT2D eigenvalue weighted by Gasteiger charge is 2.08. The largest absolute Gasteiger partial charge is 0.466 e. The maximum Gasteiger partial charge on any atom is 0.309 e. The van der Waals surface area contributed by atoms with Gasteiger partial charge < -0.3 is 9.47 Å². The maximum atomic E-state index is 11.4. The van der Waals surface area contributed by atoms with Gasteiger partial charge >= 0.3 is 11.9 Å². The minimum Gasteiger partial charge on any atom is -0.466 e. The number of ether oxygens (including phenoxy) is 2. The Kier molecular flexibility index (Phi) is 10.9. The van der Waals surface area contributed by atoms with E-state index < -0.39 is 0 Å². The Labute approximate surface area is 116 Å². The fourth-order valence-corrected chi connectivity index (χ4v) is 1.36. The summed E-state index contributed by atoms with van der Waals surface area (Å²) < 4.78 is 10.0. The summed E-state index contributed by atoms with van der Waals surface area (Å²) in [6.45, 7) is 8.80. The van der Waals surface area contributed by atoms with Crippen LogP contribution in [-0.2, 0) is 19.1 Å². The molecular weight excluding hydrogens is 244 g/mol. The quantitative estimate of drug-likeness (QED) is 0.328. The molecule has 0 aliphatic rings. The van der Waals surface area contributed by atoms with Crippen molar-refractivity contribution >= 4 is 11.9 Å². The number of hydrogen-bond acceptors (Lipinski definition) is 4. The van der Waals surface area contributed by atoms with E-state index in [0.29, 0.717) is 25.2 Å². The highest BCUT2D eigenvalue weighted by molar-refractivity contribution is 5.73. The third-order valence-corrected chi connectivity index (χ3v) is 2.60. The molecule has 0 heterocycles. The summed E-state index contributed by atoms with van der Waals surface area (Å²) in [4.78, 5) is 22.7. The van der Waals surface area contributed by atoms with Gasteiger partial charge in [-0.3, -0.25) is 9.59 Å². The number of hydrogen-bond donors (Lipinski definition) is 0. The summed E-state index contributed by atoms with van der Waals surface area (Å²) in [7, 11) is 0. The van der Waals surface area contributed by atoms with E-state index in [1.54, 1.807) is 0 Å². The Morgan fingerprint density at radius 1 is 0.895 bits per heavy atom. The van der Waals surface area contributed by atoms with Gasteiger partial charge in [-0.05, 0) is 19.3 Å². The topological polar surface area (TPSA) is 52.6 Å². The van der Waals surface area contributed by atoms with Crippen molar-refractivity contribution in [3.8, 4) is 0 Å². The number of carbonyl (C=O) groups excluding carboxylic acids is 2. The first kappa shape index (κ1) is 17.7. The molecule has 0 aliphatic heterocycles. The molecule has 0 saturated carbocycles. The van der Waals surface area contributed by atoms with Gasteiger partial charge in [-0.15, -0.1) is 0 Å². The monoisotopic (exact) mass is 270 g/mol. The highest BCUT2D eigenvalue weighted by atomic mass is 16.5. The number of rotatable bonds is 11. The maximum absolute atomic E-state index is 11.4. The molecule has 0 atom stereocenters. The van der Waals surface area contributed by atoms with E-state index in [-0.39, 0.29) is 24.8 Å². The molecule has 0 rings (SSSR count). The van der Waals surface area contributed by atoms with E-state index in [0.717, 1.165) is 25.7 Å². The van der Waals surface area contributed by atoms with Crippen LogP contribution in [0.4, 0.5) is 0 Å². The van der Waals surface area contributed by atoms with Crippen LogP contribution in [0, 0.1) is 0 Å². The number of esters is 2. The zero-order valence-corrected chi connectivity index (χ0v) is 12.2. The van der Waals surface area contributed by atoms with Crippen LogP contribution in [0.25, 0.3) is 0 Å².